The van der Waals surface area contributed by atoms with E-state index >= 15 is 0 Å². The van der Waals surface area contributed by atoms with Crippen LogP contribution in [-0.4, -0.2) is 22.1 Å². The molecule has 3 rings (SSSR count). The van der Waals surface area contributed by atoms with Gasteiger partial charge in [0.15, 0.2) is 0 Å². The van der Waals surface area contributed by atoms with Crippen molar-refractivity contribution in [2.75, 3.05) is 0 Å². The van der Waals surface area contributed by atoms with Crippen LogP contribution in [0.1, 0.15) is 22.9 Å². The summed E-state index contributed by atoms with van der Waals surface area (Å²) < 4.78 is 0. The van der Waals surface area contributed by atoms with Gasteiger partial charge in [-0.3, -0.25) is 9.79 Å². The Kier molecular flexibility index (Phi) is 1.65. The molecule has 2 N–H and O–H groups in total. The Morgan fingerprint density at radius 1 is 1.44 bits per heavy atom. The molecular formula is C11H9N3O2. The van der Waals surface area contributed by atoms with Gasteiger partial charge in [0.1, 0.15) is 18.1 Å². The number of hydrogen-bond donors (Lipinski definition) is 2. The van der Waals surface area contributed by atoms with Gasteiger partial charge in [-0.25, -0.2) is 4.99 Å². The van der Waals surface area contributed by atoms with Gasteiger partial charge in [0, 0.05) is 5.56 Å². The van der Waals surface area contributed by atoms with E-state index in [1.807, 2.05) is 0 Å². The summed E-state index contributed by atoms with van der Waals surface area (Å²) in [6.45, 7) is 1.59. The predicted molar refractivity (Wildman–Crippen MR) is 61.2 cm³/mol. The molecule has 1 aliphatic carbocycles. The van der Waals surface area contributed by atoms with Crippen LogP contribution in [0.25, 0.3) is 6.08 Å². The fraction of sp³-hybridized carbons (Fsp3) is 0.182. The summed E-state index contributed by atoms with van der Waals surface area (Å²) in [7, 11) is 0. The number of rotatable bonds is 0. The van der Waals surface area contributed by atoms with Crippen LogP contribution in [0.3, 0.4) is 0 Å². The zero-order valence-corrected chi connectivity index (χ0v) is 8.56. The SMILES string of the molecule is Cc1c(O)c2c([nH]c1=O)C1N=CN=C1C=C2. The first kappa shape index (κ1) is 9.08. The second-order valence-electron chi connectivity index (χ2n) is 3.81. The zero-order chi connectivity index (χ0) is 11.3. The number of aromatic amines is 1. The molecule has 5 heteroatoms. The van der Waals surface area contributed by atoms with Gasteiger partial charge in [0.2, 0.25) is 0 Å². The largest absolute Gasteiger partial charge is 0.507 e. The van der Waals surface area contributed by atoms with Crippen molar-refractivity contribution in [3.05, 3.63) is 33.3 Å². The van der Waals surface area contributed by atoms with Crippen LogP contribution in [0, 0.1) is 6.92 Å². The molecule has 0 bridgehead atoms. The highest BCUT2D eigenvalue weighted by Gasteiger charge is 2.27. The van der Waals surface area contributed by atoms with E-state index in [9.17, 15) is 9.90 Å². The molecule has 1 aliphatic heterocycles. The molecule has 1 aromatic heterocycles. The standard InChI is InChI=1S/C11H9N3O2/c1-5-10(15)6-2-3-7-9(13-4-12-7)8(6)14-11(5)16/h2-4,9H,1H3,(H2,14,15,16). The van der Waals surface area contributed by atoms with E-state index in [1.54, 1.807) is 19.1 Å². The Morgan fingerprint density at radius 2 is 2.25 bits per heavy atom. The molecular weight excluding hydrogens is 206 g/mol. The lowest BCUT2D eigenvalue weighted by atomic mass is 9.95. The molecule has 80 valence electrons. The topological polar surface area (TPSA) is 77.8 Å². The molecule has 1 atom stereocenters. The first-order valence-electron chi connectivity index (χ1n) is 4.91. The average Bonchev–Trinajstić information content (AvgIpc) is 2.74. The number of aromatic nitrogens is 1. The van der Waals surface area contributed by atoms with Crippen molar-refractivity contribution in [3.8, 4) is 5.75 Å². The number of aromatic hydroxyl groups is 1. The minimum Gasteiger partial charge on any atom is -0.507 e. The van der Waals surface area contributed by atoms with Crippen LogP contribution in [0.2, 0.25) is 0 Å². The van der Waals surface area contributed by atoms with Gasteiger partial charge in [-0.05, 0) is 19.1 Å². The lowest BCUT2D eigenvalue weighted by Gasteiger charge is -2.18. The fourth-order valence-electron chi connectivity index (χ4n) is 1.94. The molecule has 5 nitrogen and oxygen atoms in total. The third-order valence-corrected chi connectivity index (χ3v) is 2.89. The number of hydrogen-bond acceptors (Lipinski definition) is 4. The summed E-state index contributed by atoms with van der Waals surface area (Å²) in [6, 6.07) is -0.279. The quantitative estimate of drug-likeness (QED) is 0.675. The smallest absolute Gasteiger partial charge is 0.254 e. The maximum atomic E-state index is 11.6. The van der Waals surface area contributed by atoms with Crippen LogP contribution in [0.5, 0.6) is 5.75 Å². The van der Waals surface area contributed by atoms with Gasteiger partial charge in [-0.1, -0.05) is 0 Å². The number of nitrogens with zero attached hydrogens (tertiary/aromatic N) is 2. The molecule has 1 unspecified atom stereocenters. The summed E-state index contributed by atoms with van der Waals surface area (Å²) in [4.78, 5) is 22.5. The van der Waals surface area contributed by atoms with Gasteiger partial charge in [-0.2, -0.15) is 0 Å². The summed E-state index contributed by atoms with van der Waals surface area (Å²) >= 11 is 0. The van der Waals surface area contributed by atoms with Crippen LogP contribution in [0.15, 0.2) is 20.9 Å². The van der Waals surface area contributed by atoms with E-state index < -0.39 is 0 Å². The molecule has 1 aromatic rings. The van der Waals surface area contributed by atoms with Gasteiger partial charge in [-0.15, -0.1) is 0 Å². The summed E-state index contributed by atoms with van der Waals surface area (Å²) in [5.41, 5.74) is 2.06. The second kappa shape index (κ2) is 2.91. The van der Waals surface area contributed by atoms with Crippen LogP contribution < -0.4 is 5.56 Å². The first-order valence-corrected chi connectivity index (χ1v) is 4.91. The molecule has 2 heterocycles. The molecule has 0 amide bonds. The summed E-state index contributed by atoms with van der Waals surface area (Å²) in [5, 5.41) is 9.88. The van der Waals surface area contributed by atoms with Crippen LogP contribution in [0.4, 0.5) is 0 Å². The molecule has 0 saturated carbocycles. The second-order valence-corrected chi connectivity index (χ2v) is 3.81. The van der Waals surface area contributed by atoms with E-state index in [-0.39, 0.29) is 17.4 Å². The Morgan fingerprint density at radius 3 is 3.06 bits per heavy atom. The van der Waals surface area contributed by atoms with E-state index in [1.165, 1.54) is 6.34 Å². The van der Waals surface area contributed by atoms with E-state index in [0.29, 0.717) is 16.8 Å². The molecule has 0 radical (unpaired) electrons. The fourth-order valence-corrected chi connectivity index (χ4v) is 1.94. The molecule has 0 saturated heterocycles. The number of H-pyrrole nitrogens is 1. The van der Waals surface area contributed by atoms with Crippen molar-refractivity contribution in [1.82, 2.24) is 4.98 Å². The summed E-state index contributed by atoms with van der Waals surface area (Å²) in [5.74, 6) is 0.0242. The van der Waals surface area contributed by atoms with Crippen molar-refractivity contribution in [2.24, 2.45) is 9.98 Å². The Labute approximate surface area is 90.9 Å². The van der Waals surface area contributed by atoms with Crippen molar-refractivity contribution >= 4 is 18.1 Å². The Bertz CT molecular complexity index is 623. The molecule has 2 aliphatic rings. The predicted octanol–water partition coefficient (Wildman–Crippen LogP) is 0.940. The van der Waals surface area contributed by atoms with Gasteiger partial charge in [0.25, 0.3) is 5.56 Å². The van der Waals surface area contributed by atoms with Crippen molar-refractivity contribution in [2.45, 2.75) is 13.0 Å². The lowest BCUT2D eigenvalue weighted by Crippen LogP contribution is -2.20. The highest BCUT2D eigenvalue weighted by molar-refractivity contribution is 6.11. The molecule has 0 fully saturated rings. The van der Waals surface area contributed by atoms with Crippen LogP contribution >= 0.6 is 0 Å². The van der Waals surface area contributed by atoms with Gasteiger partial charge >= 0.3 is 0 Å². The minimum absolute atomic E-state index is 0.0242. The van der Waals surface area contributed by atoms with Crippen molar-refractivity contribution in [3.63, 3.8) is 0 Å². The first-order chi connectivity index (χ1) is 7.68. The number of nitrogens with one attached hydrogen (secondary N) is 1. The monoisotopic (exact) mass is 215 g/mol. The van der Waals surface area contributed by atoms with Crippen molar-refractivity contribution in [1.29, 1.82) is 0 Å². The van der Waals surface area contributed by atoms with E-state index in [0.717, 1.165) is 5.71 Å². The van der Waals surface area contributed by atoms with Gasteiger partial charge < -0.3 is 10.1 Å². The average molecular weight is 215 g/mol. The number of pyridine rings is 1. The zero-order valence-electron chi connectivity index (χ0n) is 8.56. The molecule has 16 heavy (non-hydrogen) atoms. The van der Waals surface area contributed by atoms with Crippen LogP contribution in [-0.2, 0) is 0 Å². The minimum atomic E-state index is -0.284. The van der Waals surface area contributed by atoms with E-state index in [2.05, 4.69) is 15.0 Å². The van der Waals surface area contributed by atoms with Crippen molar-refractivity contribution < 1.29 is 5.11 Å². The maximum absolute atomic E-state index is 11.6. The lowest BCUT2D eigenvalue weighted by molar-refractivity contribution is 0.466. The molecule has 0 spiro atoms. The normalized spacial score (nSPS) is 20.6. The Hall–Kier alpha value is -2.17. The third-order valence-electron chi connectivity index (χ3n) is 2.89. The third kappa shape index (κ3) is 1.02. The summed E-state index contributed by atoms with van der Waals surface area (Å²) in [6.07, 6.45) is 5.02. The number of fused-ring (bicyclic) bond motifs is 3. The number of aliphatic imine (C=N–C) groups is 2. The molecule has 0 aromatic carbocycles. The Balaban J connectivity index is 2.35. The highest BCUT2D eigenvalue weighted by atomic mass is 16.3. The van der Waals surface area contributed by atoms with E-state index in [4.69, 9.17) is 0 Å². The highest BCUT2D eigenvalue weighted by Crippen LogP contribution is 2.34. The maximum Gasteiger partial charge on any atom is 0.254 e. The van der Waals surface area contributed by atoms with Gasteiger partial charge in [0.05, 0.1) is 17.0 Å².